The van der Waals surface area contributed by atoms with Crippen LogP contribution in [0.15, 0.2) is 76.6 Å². The Labute approximate surface area is 165 Å². The second-order valence-electron chi connectivity index (χ2n) is 6.53. The predicted molar refractivity (Wildman–Crippen MR) is 107 cm³/mol. The molecule has 1 aromatic carbocycles. The molecule has 0 saturated carbocycles. The Bertz CT molecular complexity index is 1090. The third-order valence-electron chi connectivity index (χ3n) is 4.79. The molecule has 1 N–H and O–H groups in total. The standard InChI is InChI=1S/C21H16N4O2S/c26-21(14-5-7-28-12-14)25-11-15-8-16(24-17-2-1-6-22-9-17)3-4-18(15)20(25)19-10-23-13-27-19/h1-10,12-13,20,24H,11H2. The lowest BCUT2D eigenvalue weighted by atomic mass is 10.0. The van der Waals surface area contributed by atoms with Crippen LogP contribution in [0.4, 0.5) is 11.4 Å². The molecule has 0 spiro atoms. The summed E-state index contributed by atoms with van der Waals surface area (Å²) in [6.07, 6.45) is 6.59. The van der Waals surface area contributed by atoms with Gasteiger partial charge >= 0.3 is 0 Å². The van der Waals surface area contributed by atoms with Gasteiger partial charge in [-0.1, -0.05) is 6.07 Å². The highest BCUT2D eigenvalue weighted by molar-refractivity contribution is 7.08. The number of aromatic nitrogens is 2. The molecule has 0 fully saturated rings. The van der Waals surface area contributed by atoms with E-state index in [1.165, 1.54) is 17.7 Å². The molecule has 1 unspecified atom stereocenters. The summed E-state index contributed by atoms with van der Waals surface area (Å²) in [7, 11) is 0. The molecule has 5 rings (SSSR count). The maximum atomic E-state index is 13.1. The fraction of sp³-hybridized carbons (Fsp3) is 0.0952. The zero-order valence-corrected chi connectivity index (χ0v) is 15.6. The van der Waals surface area contributed by atoms with Crippen molar-refractivity contribution in [2.24, 2.45) is 0 Å². The van der Waals surface area contributed by atoms with Crippen LogP contribution in [0.1, 0.15) is 33.3 Å². The number of hydrogen-bond acceptors (Lipinski definition) is 6. The Morgan fingerprint density at radius 2 is 2.14 bits per heavy atom. The van der Waals surface area contributed by atoms with Gasteiger partial charge in [-0.25, -0.2) is 4.98 Å². The van der Waals surface area contributed by atoms with E-state index in [2.05, 4.69) is 21.4 Å². The summed E-state index contributed by atoms with van der Waals surface area (Å²) in [5, 5.41) is 7.14. The van der Waals surface area contributed by atoms with E-state index in [1.807, 2.05) is 46.0 Å². The third kappa shape index (κ3) is 2.95. The molecule has 0 bridgehead atoms. The van der Waals surface area contributed by atoms with Crippen LogP contribution in [0, 0.1) is 0 Å². The fourth-order valence-electron chi connectivity index (χ4n) is 3.54. The minimum absolute atomic E-state index is 0.0133. The quantitative estimate of drug-likeness (QED) is 0.552. The van der Waals surface area contributed by atoms with Gasteiger partial charge in [0.15, 0.2) is 12.2 Å². The molecule has 28 heavy (non-hydrogen) atoms. The Hall–Kier alpha value is -3.45. The van der Waals surface area contributed by atoms with Gasteiger partial charge < -0.3 is 14.6 Å². The average Bonchev–Trinajstić information content (AvgIpc) is 3.47. The van der Waals surface area contributed by atoms with Gasteiger partial charge in [-0.3, -0.25) is 9.78 Å². The normalized spacial score (nSPS) is 15.4. The highest BCUT2D eigenvalue weighted by Gasteiger charge is 2.37. The van der Waals surface area contributed by atoms with E-state index >= 15 is 0 Å². The molecule has 1 amide bonds. The lowest BCUT2D eigenvalue weighted by molar-refractivity contribution is 0.0704. The maximum Gasteiger partial charge on any atom is 0.255 e. The highest BCUT2D eigenvalue weighted by atomic mass is 32.1. The van der Waals surface area contributed by atoms with Crippen LogP contribution in [-0.2, 0) is 6.54 Å². The molecular formula is C21H16N4O2S. The first-order valence-electron chi connectivity index (χ1n) is 8.81. The van der Waals surface area contributed by atoms with Crippen LogP contribution >= 0.6 is 11.3 Å². The summed E-state index contributed by atoms with van der Waals surface area (Å²) in [5.74, 6) is 0.649. The number of nitrogens with zero attached hydrogens (tertiary/aromatic N) is 3. The number of fused-ring (bicyclic) bond motifs is 1. The van der Waals surface area contributed by atoms with Crippen LogP contribution in [0.3, 0.4) is 0 Å². The molecule has 0 saturated heterocycles. The van der Waals surface area contributed by atoms with E-state index in [9.17, 15) is 4.79 Å². The van der Waals surface area contributed by atoms with E-state index in [-0.39, 0.29) is 11.9 Å². The van der Waals surface area contributed by atoms with Crippen molar-refractivity contribution in [3.05, 3.63) is 94.6 Å². The molecule has 6 nitrogen and oxygen atoms in total. The number of benzene rings is 1. The van der Waals surface area contributed by atoms with E-state index in [4.69, 9.17) is 4.42 Å². The Morgan fingerprint density at radius 3 is 2.89 bits per heavy atom. The lowest BCUT2D eigenvalue weighted by Gasteiger charge is -2.23. The van der Waals surface area contributed by atoms with Crippen LogP contribution in [0.5, 0.6) is 0 Å². The topological polar surface area (TPSA) is 71.3 Å². The summed E-state index contributed by atoms with van der Waals surface area (Å²) in [6.45, 7) is 0.512. The summed E-state index contributed by atoms with van der Waals surface area (Å²) in [5.41, 5.74) is 4.69. The smallest absolute Gasteiger partial charge is 0.255 e. The Morgan fingerprint density at radius 1 is 1.18 bits per heavy atom. The number of rotatable bonds is 4. The number of anilines is 2. The molecule has 1 aliphatic heterocycles. The van der Waals surface area contributed by atoms with E-state index in [0.29, 0.717) is 17.9 Å². The Kier molecular flexibility index (Phi) is 4.14. The van der Waals surface area contributed by atoms with Gasteiger partial charge in [-0.05, 0) is 46.8 Å². The first-order valence-corrected chi connectivity index (χ1v) is 9.75. The SMILES string of the molecule is O=C(c1ccsc1)N1Cc2cc(Nc3cccnc3)ccc2C1c1cnco1. The highest BCUT2D eigenvalue weighted by Crippen LogP contribution is 2.40. The first kappa shape index (κ1) is 16.7. The monoisotopic (exact) mass is 388 g/mol. The van der Waals surface area contributed by atoms with Crippen molar-refractivity contribution in [3.63, 3.8) is 0 Å². The molecule has 4 heterocycles. The van der Waals surface area contributed by atoms with Crippen molar-refractivity contribution in [3.8, 4) is 0 Å². The molecule has 4 aromatic rings. The largest absolute Gasteiger partial charge is 0.446 e. The number of nitrogens with one attached hydrogen (secondary N) is 1. The minimum Gasteiger partial charge on any atom is -0.446 e. The molecular weight excluding hydrogens is 372 g/mol. The van der Waals surface area contributed by atoms with Gasteiger partial charge in [0.2, 0.25) is 0 Å². The van der Waals surface area contributed by atoms with Gasteiger partial charge in [0.25, 0.3) is 5.91 Å². The molecule has 0 radical (unpaired) electrons. The lowest BCUT2D eigenvalue weighted by Crippen LogP contribution is -2.29. The van der Waals surface area contributed by atoms with Crippen LogP contribution in [0.2, 0.25) is 0 Å². The molecule has 3 aromatic heterocycles. The van der Waals surface area contributed by atoms with Crippen LogP contribution < -0.4 is 5.32 Å². The van der Waals surface area contributed by atoms with Gasteiger partial charge in [-0.2, -0.15) is 11.3 Å². The number of hydrogen-bond donors (Lipinski definition) is 1. The first-order chi connectivity index (χ1) is 13.8. The van der Waals surface area contributed by atoms with Gasteiger partial charge in [-0.15, -0.1) is 0 Å². The second kappa shape index (κ2) is 6.94. The number of pyridine rings is 1. The average molecular weight is 388 g/mol. The fourth-order valence-corrected chi connectivity index (χ4v) is 4.17. The van der Waals surface area contributed by atoms with E-state index in [1.54, 1.807) is 18.6 Å². The van der Waals surface area contributed by atoms with Crippen LogP contribution in [0.25, 0.3) is 0 Å². The summed E-state index contributed by atoms with van der Waals surface area (Å²) >= 11 is 1.51. The molecule has 0 aliphatic carbocycles. The van der Waals surface area contributed by atoms with Crippen molar-refractivity contribution < 1.29 is 9.21 Å². The minimum atomic E-state index is -0.280. The van der Waals surface area contributed by atoms with Gasteiger partial charge in [0.1, 0.15) is 6.04 Å². The number of carbonyl (C=O) groups excluding carboxylic acids is 1. The van der Waals surface area contributed by atoms with Crippen molar-refractivity contribution in [2.45, 2.75) is 12.6 Å². The second-order valence-corrected chi connectivity index (χ2v) is 7.31. The van der Waals surface area contributed by atoms with Crippen LogP contribution in [-0.4, -0.2) is 20.8 Å². The molecule has 1 atom stereocenters. The van der Waals surface area contributed by atoms with E-state index in [0.717, 1.165) is 22.5 Å². The van der Waals surface area contributed by atoms with Crippen molar-refractivity contribution >= 4 is 28.6 Å². The molecule has 1 aliphatic rings. The number of amides is 1. The van der Waals surface area contributed by atoms with Gasteiger partial charge in [0.05, 0.1) is 23.6 Å². The summed E-state index contributed by atoms with van der Waals surface area (Å²) in [6, 6.07) is 11.5. The maximum absolute atomic E-state index is 13.1. The number of oxazole rings is 1. The zero-order chi connectivity index (χ0) is 18.9. The zero-order valence-electron chi connectivity index (χ0n) is 14.8. The van der Waals surface area contributed by atoms with Crippen molar-refractivity contribution in [2.75, 3.05) is 5.32 Å². The van der Waals surface area contributed by atoms with Crippen molar-refractivity contribution in [1.82, 2.24) is 14.9 Å². The Balaban J connectivity index is 1.51. The summed E-state index contributed by atoms with van der Waals surface area (Å²) in [4.78, 5) is 23.1. The van der Waals surface area contributed by atoms with Gasteiger partial charge in [0, 0.05) is 23.8 Å². The predicted octanol–water partition coefficient (Wildman–Crippen LogP) is 4.62. The third-order valence-corrected chi connectivity index (χ3v) is 5.47. The van der Waals surface area contributed by atoms with Crippen molar-refractivity contribution in [1.29, 1.82) is 0 Å². The molecule has 138 valence electrons. The number of thiophene rings is 1. The number of carbonyl (C=O) groups is 1. The molecule has 7 heteroatoms. The van der Waals surface area contributed by atoms with E-state index < -0.39 is 0 Å². The summed E-state index contributed by atoms with van der Waals surface area (Å²) < 4.78 is 5.57.